The van der Waals surface area contributed by atoms with Gasteiger partial charge in [0, 0.05) is 37.9 Å². The molecule has 1 saturated heterocycles. The number of hydrogen-bond acceptors (Lipinski definition) is 5. The van der Waals surface area contributed by atoms with Gasteiger partial charge in [-0.3, -0.25) is 4.98 Å². The fourth-order valence-electron chi connectivity index (χ4n) is 2.49. The topological polar surface area (TPSA) is 78.8 Å². The second kappa shape index (κ2) is 5.51. The number of benzene rings is 1. The number of anilines is 1. The van der Waals surface area contributed by atoms with Gasteiger partial charge in [-0.15, -0.1) is 0 Å². The number of H-pyrrole nitrogens is 1. The molecule has 2 aromatic rings. The maximum atomic E-state index is 11.7. The highest BCUT2D eigenvalue weighted by molar-refractivity contribution is 5.77. The molecule has 7 nitrogen and oxygen atoms in total. The molecule has 0 radical (unpaired) electrons. The minimum Gasteiger partial charge on any atom is -0.450 e. The van der Waals surface area contributed by atoms with E-state index in [1.54, 1.807) is 11.8 Å². The molecule has 0 atom stereocenters. The zero-order valence-corrected chi connectivity index (χ0v) is 11.8. The number of nitrogens with zero attached hydrogens (tertiary/aromatic N) is 2. The standard InChI is InChI=1S/C14H17N3O4/c1-2-20-14(19)17-7-5-16(6-8-17)10-3-4-11-12(9-10)21-13(18)15-11/h3-4,9H,2,5-8H2,1H3,(H,15,18). The summed E-state index contributed by atoms with van der Waals surface area (Å²) in [7, 11) is 0. The molecule has 1 aromatic heterocycles. The Balaban J connectivity index is 1.70. The van der Waals surface area contributed by atoms with Crippen LogP contribution < -0.4 is 10.7 Å². The SMILES string of the molecule is CCOC(=O)N1CCN(c2ccc3[nH]c(=O)oc3c2)CC1. The molecule has 1 N–H and O–H groups in total. The van der Waals surface area contributed by atoms with Gasteiger partial charge in [0.2, 0.25) is 0 Å². The molecule has 1 aliphatic heterocycles. The minimum atomic E-state index is -0.450. The zero-order valence-electron chi connectivity index (χ0n) is 11.8. The Bertz CT molecular complexity index is 698. The smallest absolute Gasteiger partial charge is 0.417 e. The Morgan fingerprint density at radius 1 is 1.33 bits per heavy atom. The van der Waals surface area contributed by atoms with Crippen molar-refractivity contribution in [1.29, 1.82) is 0 Å². The van der Waals surface area contributed by atoms with Gasteiger partial charge in [0.25, 0.3) is 0 Å². The van der Waals surface area contributed by atoms with Crippen LogP contribution >= 0.6 is 0 Å². The van der Waals surface area contributed by atoms with E-state index in [2.05, 4.69) is 9.88 Å². The average molecular weight is 291 g/mol. The summed E-state index contributed by atoms with van der Waals surface area (Å²) in [5.41, 5.74) is 2.22. The van der Waals surface area contributed by atoms with Crippen molar-refractivity contribution in [3.05, 3.63) is 28.7 Å². The van der Waals surface area contributed by atoms with Crippen LogP contribution in [0, 0.1) is 0 Å². The van der Waals surface area contributed by atoms with E-state index >= 15 is 0 Å². The minimum absolute atomic E-state index is 0.260. The number of carbonyl (C=O) groups excluding carboxylic acids is 1. The van der Waals surface area contributed by atoms with Crippen LogP contribution in [-0.2, 0) is 4.74 Å². The predicted octanol–water partition coefficient (Wildman–Crippen LogP) is 1.40. The van der Waals surface area contributed by atoms with Gasteiger partial charge in [-0.1, -0.05) is 0 Å². The summed E-state index contributed by atoms with van der Waals surface area (Å²) >= 11 is 0. The summed E-state index contributed by atoms with van der Waals surface area (Å²) in [5, 5.41) is 0. The third-order valence-corrected chi connectivity index (χ3v) is 3.58. The van der Waals surface area contributed by atoms with Gasteiger partial charge >= 0.3 is 11.8 Å². The molecular formula is C14H17N3O4. The lowest BCUT2D eigenvalue weighted by atomic mass is 10.2. The number of fused-ring (bicyclic) bond motifs is 1. The second-order valence-electron chi connectivity index (χ2n) is 4.87. The lowest BCUT2D eigenvalue weighted by Crippen LogP contribution is -2.49. The number of amides is 1. The lowest BCUT2D eigenvalue weighted by Gasteiger charge is -2.35. The number of piperazine rings is 1. The quantitative estimate of drug-likeness (QED) is 0.904. The van der Waals surface area contributed by atoms with Gasteiger partial charge in [0.15, 0.2) is 5.58 Å². The van der Waals surface area contributed by atoms with Crippen molar-refractivity contribution in [2.24, 2.45) is 0 Å². The van der Waals surface area contributed by atoms with Crippen molar-refractivity contribution in [3.8, 4) is 0 Å². The lowest BCUT2D eigenvalue weighted by molar-refractivity contribution is 0.105. The third kappa shape index (κ3) is 2.72. The Morgan fingerprint density at radius 2 is 2.10 bits per heavy atom. The highest BCUT2D eigenvalue weighted by Gasteiger charge is 2.22. The van der Waals surface area contributed by atoms with Crippen LogP contribution in [0.1, 0.15) is 6.92 Å². The summed E-state index contributed by atoms with van der Waals surface area (Å²) in [6, 6.07) is 5.61. The number of carbonyl (C=O) groups is 1. The molecule has 0 spiro atoms. The number of aromatic amines is 1. The second-order valence-corrected chi connectivity index (χ2v) is 4.87. The number of nitrogens with one attached hydrogen (secondary N) is 1. The first kappa shape index (κ1) is 13.5. The van der Waals surface area contributed by atoms with Crippen LogP contribution in [0.25, 0.3) is 11.1 Å². The molecule has 0 saturated carbocycles. The van der Waals surface area contributed by atoms with Gasteiger partial charge < -0.3 is 19.0 Å². The maximum Gasteiger partial charge on any atom is 0.417 e. The molecule has 0 aliphatic carbocycles. The molecule has 1 amide bonds. The van der Waals surface area contributed by atoms with Crippen LogP contribution in [0.15, 0.2) is 27.4 Å². The Morgan fingerprint density at radius 3 is 2.81 bits per heavy atom. The predicted molar refractivity (Wildman–Crippen MR) is 77.6 cm³/mol. The van der Waals surface area contributed by atoms with Gasteiger partial charge in [-0.2, -0.15) is 0 Å². The molecule has 3 rings (SSSR count). The molecule has 21 heavy (non-hydrogen) atoms. The average Bonchev–Trinajstić information content (AvgIpc) is 2.86. The Hall–Kier alpha value is -2.44. The molecule has 2 heterocycles. The first-order chi connectivity index (χ1) is 10.2. The molecule has 112 valence electrons. The largest absolute Gasteiger partial charge is 0.450 e. The van der Waals surface area contributed by atoms with E-state index in [1.807, 2.05) is 18.2 Å². The van der Waals surface area contributed by atoms with Gasteiger partial charge in [-0.05, 0) is 19.1 Å². The first-order valence-corrected chi connectivity index (χ1v) is 6.97. The number of oxazole rings is 1. The zero-order chi connectivity index (χ0) is 14.8. The van der Waals surface area contributed by atoms with Crippen LogP contribution in [0.4, 0.5) is 10.5 Å². The Labute approximate surface area is 121 Å². The van der Waals surface area contributed by atoms with Crippen LogP contribution in [0.2, 0.25) is 0 Å². The summed E-state index contributed by atoms with van der Waals surface area (Å²) in [6.07, 6.45) is -0.260. The number of aromatic nitrogens is 1. The van der Waals surface area contributed by atoms with E-state index in [4.69, 9.17) is 9.15 Å². The number of ether oxygens (including phenoxy) is 1. The fourth-order valence-corrected chi connectivity index (χ4v) is 2.49. The normalized spacial score (nSPS) is 15.5. The van der Waals surface area contributed by atoms with E-state index in [0.717, 1.165) is 18.8 Å². The number of hydrogen-bond donors (Lipinski definition) is 1. The van der Waals surface area contributed by atoms with Gasteiger partial charge in [0.05, 0.1) is 12.1 Å². The maximum absolute atomic E-state index is 11.7. The van der Waals surface area contributed by atoms with Crippen molar-refractivity contribution >= 4 is 22.9 Å². The first-order valence-electron chi connectivity index (χ1n) is 6.97. The molecule has 1 fully saturated rings. The molecular weight excluding hydrogens is 274 g/mol. The molecule has 7 heteroatoms. The molecule has 1 aliphatic rings. The monoisotopic (exact) mass is 291 g/mol. The molecule has 0 bridgehead atoms. The van der Waals surface area contributed by atoms with Crippen molar-refractivity contribution in [2.75, 3.05) is 37.7 Å². The van der Waals surface area contributed by atoms with Crippen LogP contribution in [0.5, 0.6) is 0 Å². The fraction of sp³-hybridized carbons (Fsp3) is 0.429. The van der Waals surface area contributed by atoms with E-state index in [9.17, 15) is 9.59 Å². The van der Waals surface area contributed by atoms with E-state index in [1.165, 1.54) is 0 Å². The van der Waals surface area contributed by atoms with Crippen molar-refractivity contribution in [1.82, 2.24) is 9.88 Å². The van der Waals surface area contributed by atoms with Gasteiger partial charge in [-0.25, -0.2) is 9.59 Å². The van der Waals surface area contributed by atoms with E-state index in [-0.39, 0.29) is 6.09 Å². The summed E-state index contributed by atoms with van der Waals surface area (Å²) < 4.78 is 10.1. The van der Waals surface area contributed by atoms with Crippen LogP contribution in [-0.4, -0.2) is 48.8 Å². The molecule has 1 aromatic carbocycles. The highest BCUT2D eigenvalue weighted by Crippen LogP contribution is 2.21. The van der Waals surface area contributed by atoms with Crippen molar-refractivity contribution < 1.29 is 13.9 Å². The summed E-state index contributed by atoms with van der Waals surface area (Å²) in [5.74, 6) is -0.450. The Kier molecular flexibility index (Phi) is 3.55. The molecule has 0 unspecified atom stereocenters. The summed E-state index contributed by atoms with van der Waals surface area (Å²) in [6.45, 7) is 4.87. The van der Waals surface area contributed by atoms with Crippen LogP contribution in [0.3, 0.4) is 0 Å². The van der Waals surface area contributed by atoms with Gasteiger partial charge in [0.1, 0.15) is 0 Å². The third-order valence-electron chi connectivity index (χ3n) is 3.58. The van der Waals surface area contributed by atoms with Crippen molar-refractivity contribution in [2.45, 2.75) is 6.92 Å². The summed E-state index contributed by atoms with van der Waals surface area (Å²) in [4.78, 5) is 29.3. The van der Waals surface area contributed by atoms with E-state index < -0.39 is 5.76 Å². The van der Waals surface area contributed by atoms with E-state index in [0.29, 0.717) is 30.8 Å². The highest BCUT2D eigenvalue weighted by atomic mass is 16.6. The van der Waals surface area contributed by atoms with Crippen molar-refractivity contribution in [3.63, 3.8) is 0 Å². The number of rotatable bonds is 2.